The molecule has 0 saturated heterocycles. The van der Waals surface area contributed by atoms with Crippen LogP contribution in [0.3, 0.4) is 0 Å². The first kappa shape index (κ1) is 18.6. The van der Waals surface area contributed by atoms with E-state index >= 15 is 0 Å². The topological polar surface area (TPSA) is 63.2 Å². The van der Waals surface area contributed by atoms with E-state index in [-0.39, 0.29) is 5.97 Å². The number of carbonyl (C=O) groups excluding carboxylic acids is 1. The molecule has 0 aromatic carbocycles. The molecule has 0 amide bonds. The van der Waals surface area contributed by atoms with Crippen LogP contribution < -0.4 is 10.6 Å². The summed E-state index contributed by atoms with van der Waals surface area (Å²) in [4.78, 5) is 16.3. The van der Waals surface area contributed by atoms with Crippen LogP contribution in [0.4, 0.5) is 5.82 Å². The first-order valence-electron chi connectivity index (χ1n) is 9.42. The number of esters is 1. The Morgan fingerprint density at radius 2 is 1.72 bits per heavy atom. The minimum absolute atomic E-state index is 0.357. The lowest BCUT2D eigenvalue weighted by Crippen LogP contribution is -2.43. The minimum atomic E-state index is -0.357. The molecule has 2 fully saturated rings. The number of carbonyl (C=O) groups is 1. The molecular weight excluding hydrogens is 382 g/mol. The second kappa shape index (κ2) is 8.99. The Bertz CT molecular complexity index is 582. The van der Waals surface area contributed by atoms with Gasteiger partial charge in [-0.2, -0.15) is 0 Å². The summed E-state index contributed by atoms with van der Waals surface area (Å²) in [5.41, 5.74) is 0.485. The van der Waals surface area contributed by atoms with Gasteiger partial charge < -0.3 is 15.4 Å². The third kappa shape index (κ3) is 5.17. The van der Waals surface area contributed by atoms with Crippen LogP contribution in [0.15, 0.2) is 16.7 Å². The van der Waals surface area contributed by atoms with E-state index in [1.807, 2.05) is 0 Å². The molecule has 0 bridgehead atoms. The Kier molecular flexibility index (Phi) is 6.70. The third-order valence-electron chi connectivity index (χ3n) is 5.40. The molecule has 2 aliphatic carbocycles. The van der Waals surface area contributed by atoms with E-state index in [4.69, 9.17) is 4.74 Å². The molecular formula is C19H28BrN3O2. The molecule has 1 aromatic heterocycles. The molecule has 2 N–H and O–H groups in total. The van der Waals surface area contributed by atoms with Gasteiger partial charge >= 0.3 is 5.97 Å². The van der Waals surface area contributed by atoms with Gasteiger partial charge in [0.15, 0.2) is 0 Å². The van der Waals surface area contributed by atoms with Crippen LogP contribution in [0.2, 0.25) is 0 Å². The van der Waals surface area contributed by atoms with Crippen molar-refractivity contribution in [3.8, 4) is 0 Å². The number of hydrogen-bond donors (Lipinski definition) is 2. The number of nitrogens with zero attached hydrogens (tertiary/aromatic N) is 1. The van der Waals surface area contributed by atoms with Gasteiger partial charge in [0.25, 0.3) is 0 Å². The maximum Gasteiger partial charge on any atom is 0.341 e. The van der Waals surface area contributed by atoms with Crippen LogP contribution in [-0.2, 0) is 4.74 Å². The Balaban J connectivity index is 1.53. The molecule has 1 heterocycles. The molecule has 0 aliphatic heterocycles. The highest BCUT2D eigenvalue weighted by Crippen LogP contribution is 2.26. The fraction of sp³-hybridized carbons (Fsp3) is 0.684. The summed E-state index contributed by atoms with van der Waals surface area (Å²) < 4.78 is 5.65. The molecule has 5 nitrogen and oxygen atoms in total. The second-order valence-electron chi connectivity index (χ2n) is 7.24. The maximum atomic E-state index is 12.0. The van der Waals surface area contributed by atoms with Crippen molar-refractivity contribution in [2.45, 2.75) is 75.9 Å². The van der Waals surface area contributed by atoms with Crippen molar-refractivity contribution in [2.24, 2.45) is 0 Å². The van der Waals surface area contributed by atoms with Crippen molar-refractivity contribution in [1.82, 2.24) is 10.3 Å². The van der Waals surface area contributed by atoms with Crippen molar-refractivity contribution in [3.05, 3.63) is 22.3 Å². The zero-order chi connectivity index (χ0) is 17.6. The average Bonchev–Trinajstić information content (AvgIpc) is 2.65. The summed E-state index contributed by atoms with van der Waals surface area (Å²) in [6.07, 6.45) is 13.1. The standard InChI is InChI=1S/C19H28BrN3O2/c1-25-19(24)17-11-13(20)12-21-18(17)23-16-9-7-15(8-10-16)22-14-5-3-2-4-6-14/h11-12,14-16,22H,2-10H2,1H3,(H,21,23). The number of ether oxygens (including phenoxy) is 1. The van der Waals surface area contributed by atoms with Gasteiger partial charge in [-0.05, 0) is 60.5 Å². The van der Waals surface area contributed by atoms with Crippen LogP contribution in [0.25, 0.3) is 0 Å². The predicted molar refractivity (Wildman–Crippen MR) is 103 cm³/mol. The number of anilines is 1. The third-order valence-corrected chi connectivity index (χ3v) is 5.84. The fourth-order valence-electron chi connectivity index (χ4n) is 4.02. The number of nitrogens with one attached hydrogen (secondary N) is 2. The Morgan fingerprint density at radius 3 is 2.40 bits per heavy atom. The highest BCUT2D eigenvalue weighted by molar-refractivity contribution is 9.10. The number of pyridine rings is 1. The molecule has 0 unspecified atom stereocenters. The van der Waals surface area contributed by atoms with E-state index in [9.17, 15) is 4.79 Å². The SMILES string of the molecule is COC(=O)c1cc(Br)cnc1NC1CCC(NC2CCCCC2)CC1. The summed E-state index contributed by atoms with van der Waals surface area (Å²) in [7, 11) is 1.40. The summed E-state index contributed by atoms with van der Waals surface area (Å²) in [5.74, 6) is 0.266. The van der Waals surface area contributed by atoms with Gasteiger partial charge in [0.2, 0.25) is 0 Å². The fourth-order valence-corrected chi connectivity index (χ4v) is 4.35. The quantitative estimate of drug-likeness (QED) is 0.710. The highest BCUT2D eigenvalue weighted by Gasteiger charge is 2.25. The highest BCUT2D eigenvalue weighted by atomic mass is 79.9. The first-order chi connectivity index (χ1) is 12.2. The van der Waals surface area contributed by atoms with Gasteiger partial charge in [-0.1, -0.05) is 19.3 Å². The van der Waals surface area contributed by atoms with Crippen LogP contribution in [0.5, 0.6) is 0 Å². The zero-order valence-electron chi connectivity index (χ0n) is 14.9. The molecule has 2 aliphatic rings. The van der Waals surface area contributed by atoms with E-state index < -0.39 is 0 Å². The summed E-state index contributed by atoms with van der Waals surface area (Å²) in [6, 6.07) is 3.49. The molecule has 0 atom stereocenters. The van der Waals surface area contributed by atoms with Crippen molar-refractivity contribution in [3.63, 3.8) is 0 Å². The predicted octanol–water partition coefficient (Wildman–Crippen LogP) is 4.28. The van der Waals surface area contributed by atoms with Crippen LogP contribution >= 0.6 is 15.9 Å². The molecule has 138 valence electrons. The van der Waals surface area contributed by atoms with Gasteiger partial charge in [0.05, 0.1) is 7.11 Å². The van der Waals surface area contributed by atoms with E-state index in [1.165, 1.54) is 52.1 Å². The summed E-state index contributed by atoms with van der Waals surface area (Å²) >= 11 is 3.37. The monoisotopic (exact) mass is 409 g/mol. The van der Waals surface area contributed by atoms with Crippen molar-refractivity contribution in [1.29, 1.82) is 0 Å². The smallest absolute Gasteiger partial charge is 0.341 e. The lowest BCUT2D eigenvalue weighted by molar-refractivity contribution is 0.0601. The first-order valence-corrected chi connectivity index (χ1v) is 10.2. The number of halogens is 1. The molecule has 0 radical (unpaired) electrons. The number of methoxy groups -OCH3 is 1. The van der Waals surface area contributed by atoms with E-state index in [1.54, 1.807) is 12.3 Å². The van der Waals surface area contributed by atoms with Crippen molar-refractivity contribution in [2.75, 3.05) is 12.4 Å². The lowest BCUT2D eigenvalue weighted by Gasteiger charge is -2.34. The molecule has 6 heteroatoms. The Morgan fingerprint density at radius 1 is 1.08 bits per heavy atom. The zero-order valence-corrected chi connectivity index (χ0v) is 16.5. The minimum Gasteiger partial charge on any atom is -0.465 e. The van der Waals surface area contributed by atoms with Gasteiger partial charge in [0.1, 0.15) is 11.4 Å². The van der Waals surface area contributed by atoms with Gasteiger partial charge in [-0.15, -0.1) is 0 Å². The van der Waals surface area contributed by atoms with Crippen LogP contribution in [0.1, 0.15) is 68.1 Å². The normalized spacial score (nSPS) is 24.7. The molecule has 2 saturated carbocycles. The van der Waals surface area contributed by atoms with Crippen LogP contribution in [-0.4, -0.2) is 36.2 Å². The number of rotatable bonds is 5. The average molecular weight is 410 g/mol. The molecule has 3 rings (SSSR count). The van der Waals surface area contributed by atoms with Crippen molar-refractivity contribution >= 4 is 27.7 Å². The van der Waals surface area contributed by atoms with E-state index in [0.29, 0.717) is 23.5 Å². The number of aromatic nitrogens is 1. The van der Waals surface area contributed by atoms with Gasteiger partial charge in [-0.3, -0.25) is 0 Å². The maximum absolute atomic E-state index is 12.0. The Labute approximate surface area is 158 Å². The molecule has 0 spiro atoms. The van der Waals surface area contributed by atoms with E-state index in [2.05, 4.69) is 31.5 Å². The van der Waals surface area contributed by atoms with Gasteiger partial charge in [-0.25, -0.2) is 9.78 Å². The molecule has 25 heavy (non-hydrogen) atoms. The lowest BCUT2D eigenvalue weighted by atomic mass is 9.88. The van der Waals surface area contributed by atoms with Gasteiger partial charge in [0, 0.05) is 28.8 Å². The molecule has 1 aromatic rings. The largest absolute Gasteiger partial charge is 0.465 e. The van der Waals surface area contributed by atoms with Crippen LogP contribution in [0, 0.1) is 0 Å². The van der Waals surface area contributed by atoms with E-state index in [0.717, 1.165) is 23.4 Å². The van der Waals surface area contributed by atoms with Crippen molar-refractivity contribution < 1.29 is 9.53 Å². The second-order valence-corrected chi connectivity index (χ2v) is 8.15. The summed E-state index contributed by atoms with van der Waals surface area (Å²) in [6.45, 7) is 0. The number of hydrogen-bond acceptors (Lipinski definition) is 5. The Hall–Kier alpha value is -1.14. The summed E-state index contributed by atoms with van der Waals surface area (Å²) in [5, 5.41) is 7.32.